The quantitative estimate of drug-likeness (QED) is 0.582. The predicted octanol–water partition coefficient (Wildman–Crippen LogP) is 3.72. The first-order valence-corrected chi connectivity index (χ1v) is 11.4. The van der Waals surface area contributed by atoms with Gasteiger partial charge in [-0.1, -0.05) is 42.5 Å². The van der Waals surface area contributed by atoms with E-state index in [1.54, 1.807) is 13.0 Å². The van der Waals surface area contributed by atoms with Crippen molar-refractivity contribution in [2.75, 3.05) is 5.01 Å². The Kier molecular flexibility index (Phi) is 5.89. The standard InChI is InChI=1S/C24H21N3O4S/c1-17-23(24(28)27(26-17)20-10-12-22(13-11-20)32(25,29)30)15-19-8-5-9-21(14-19)31-16-18-6-3-2-4-7-18/h2-15H,16H2,1H3,(H2,25,29,30)/b23-15-. The number of benzene rings is 3. The molecule has 7 nitrogen and oxygen atoms in total. The van der Waals surface area contributed by atoms with Crippen LogP contribution in [-0.2, 0) is 21.4 Å². The van der Waals surface area contributed by atoms with Crippen molar-refractivity contribution in [1.82, 2.24) is 0 Å². The van der Waals surface area contributed by atoms with Gasteiger partial charge in [-0.25, -0.2) is 13.6 Å². The van der Waals surface area contributed by atoms with Gasteiger partial charge in [0.05, 0.1) is 21.9 Å². The molecule has 1 aliphatic rings. The fourth-order valence-electron chi connectivity index (χ4n) is 3.24. The highest BCUT2D eigenvalue weighted by atomic mass is 32.2. The average Bonchev–Trinajstić information content (AvgIpc) is 3.06. The molecule has 0 spiro atoms. The maximum atomic E-state index is 13.0. The average molecular weight is 448 g/mol. The van der Waals surface area contributed by atoms with Crippen LogP contribution in [0.5, 0.6) is 5.75 Å². The van der Waals surface area contributed by atoms with E-state index in [4.69, 9.17) is 9.88 Å². The summed E-state index contributed by atoms with van der Waals surface area (Å²) in [6.45, 7) is 2.20. The number of anilines is 1. The number of carbonyl (C=O) groups excluding carboxylic acids is 1. The normalized spacial score (nSPS) is 15.2. The summed E-state index contributed by atoms with van der Waals surface area (Å²) >= 11 is 0. The van der Waals surface area contributed by atoms with Crippen molar-refractivity contribution in [3.63, 3.8) is 0 Å². The summed E-state index contributed by atoms with van der Waals surface area (Å²) in [5.74, 6) is 0.389. The third-order valence-corrected chi connectivity index (χ3v) is 5.82. The zero-order chi connectivity index (χ0) is 22.7. The minimum Gasteiger partial charge on any atom is -0.489 e. The smallest absolute Gasteiger partial charge is 0.280 e. The first-order valence-electron chi connectivity index (χ1n) is 9.83. The Morgan fingerprint density at radius 1 is 1.00 bits per heavy atom. The van der Waals surface area contributed by atoms with Crippen LogP contribution < -0.4 is 14.9 Å². The van der Waals surface area contributed by atoms with Gasteiger partial charge in [0.15, 0.2) is 0 Å². The number of nitrogens with zero attached hydrogens (tertiary/aromatic N) is 2. The second-order valence-corrected chi connectivity index (χ2v) is 8.81. The van der Waals surface area contributed by atoms with E-state index in [1.165, 1.54) is 29.3 Å². The Bertz CT molecular complexity index is 1310. The molecule has 0 bridgehead atoms. The molecule has 1 aliphatic heterocycles. The van der Waals surface area contributed by atoms with E-state index in [9.17, 15) is 13.2 Å². The number of hydrogen-bond acceptors (Lipinski definition) is 5. The fraction of sp³-hybridized carbons (Fsp3) is 0.0833. The maximum absolute atomic E-state index is 13.0. The summed E-state index contributed by atoms with van der Waals surface area (Å²) in [6, 6.07) is 23.0. The molecule has 162 valence electrons. The number of primary sulfonamides is 1. The van der Waals surface area contributed by atoms with E-state index in [-0.39, 0.29) is 10.8 Å². The summed E-state index contributed by atoms with van der Waals surface area (Å²) in [5.41, 5.74) is 3.32. The van der Waals surface area contributed by atoms with Gasteiger partial charge in [0.25, 0.3) is 5.91 Å². The van der Waals surface area contributed by atoms with Gasteiger partial charge in [-0.3, -0.25) is 4.79 Å². The number of amides is 1. The second kappa shape index (κ2) is 8.78. The summed E-state index contributed by atoms with van der Waals surface area (Å²) < 4.78 is 28.7. The zero-order valence-corrected chi connectivity index (χ0v) is 18.1. The van der Waals surface area contributed by atoms with Crippen LogP contribution in [0.3, 0.4) is 0 Å². The lowest BCUT2D eigenvalue weighted by atomic mass is 10.1. The molecule has 0 fully saturated rings. The van der Waals surface area contributed by atoms with Crippen molar-refractivity contribution in [3.05, 3.63) is 95.6 Å². The lowest BCUT2D eigenvalue weighted by Gasteiger charge is -2.12. The number of carbonyl (C=O) groups is 1. The van der Waals surface area contributed by atoms with Crippen molar-refractivity contribution < 1.29 is 17.9 Å². The van der Waals surface area contributed by atoms with Crippen molar-refractivity contribution in [2.45, 2.75) is 18.4 Å². The molecule has 4 rings (SSSR count). The number of sulfonamides is 1. The number of ether oxygens (including phenoxy) is 1. The summed E-state index contributed by atoms with van der Waals surface area (Å²) in [4.78, 5) is 12.9. The van der Waals surface area contributed by atoms with E-state index in [1.807, 2.05) is 54.6 Å². The molecule has 0 atom stereocenters. The van der Waals surface area contributed by atoms with Gasteiger partial charge >= 0.3 is 0 Å². The molecule has 32 heavy (non-hydrogen) atoms. The van der Waals surface area contributed by atoms with Crippen LogP contribution in [-0.4, -0.2) is 20.0 Å². The Morgan fingerprint density at radius 3 is 2.41 bits per heavy atom. The van der Waals surface area contributed by atoms with Crippen LogP contribution in [0.25, 0.3) is 6.08 Å². The molecule has 8 heteroatoms. The third kappa shape index (κ3) is 4.77. The van der Waals surface area contributed by atoms with Gasteiger partial charge < -0.3 is 4.74 Å². The van der Waals surface area contributed by atoms with Crippen molar-refractivity contribution in [3.8, 4) is 5.75 Å². The maximum Gasteiger partial charge on any atom is 0.280 e. The highest BCUT2D eigenvalue weighted by molar-refractivity contribution is 7.89. The van der Waals surface area contributed by atoms with Gasteiger partial charge in [-0.2, -0.15) is 10.1 Å². The molecule has 0 unspecified atom stereocenters. The Balaban J connectivity index is 1.52. The van der Waals surface area contributed by atoms with Crippen molar-refractivity contribution in [2.24, 2.45) is 10.2 Å². The van der Waals surface area contributed by atoms with E-state index in [2.05, 4.69) is 5.10 Å². The molecule has 1 amide bonds. The molecule has 0 aliphatic carbocycles. The van der Waals surface area contributed by atoms with Gasteiger partial charge in [0.2, 0.25) is 10.0 Å². The van der Waals surface area contributed by atoms with Crippen LogP contribution in [0.1, 0.15) is 18.1 Å². The molecule has 3 aromatic rings. The Labute approximate surface area is 186 Å². The van der Waals surface area contributed by atoms with Gasteiger partial charge in [-0.05, 0) is 60.5 Å². The predicted molar refractivity (Wildman–Crippen MR) is 124 cm³/mol. The topological polar surface area (TPSA) is 102 Å². The molecule has 0 saturated carbocycles. The highest BCUT2D eigenvalue weighted by Gasteiger charge is 2.28. The number of nitrogens with two attached hydrogens (primary N) is 1. The van der Waals surface area contributed by atoms with Crippen molar-refractivity contribution >= 4 is 33.4 Å². The molecular formula is C24H21N3O4S. The van der Waals surface area contributed by atoms with Crippen LogP contribution >= 0.6 is 0 Å². The number of rotatable bonds is 6. The van der Waals surface area contributed by atoms with Gasteiger partial charge in [0.1, 0.15) is 12.4 Å². The SMILES string of the molecule is CC1=NN(c2ccc(S(N)(=O)=O)cc2)C(=O)/C1=C\c1cccc(OCc2ccccc2)c1. The Hall–Kier alpha value is -3.75. The lowest BCUT2D eigenvalue weighted by molar-refractivity contribution is -0.114. The molecule has 2 N–H and O–H groups in total. The largest absolute Gasteiger partial charge is 0.489 e. The van der Waals surface area contributed by atoms with E-state index < -0.39 is 10.0 Å². The number of hydrogen-bond donors (Lipinski definition) is 1. The molecule has 3 aromatic carbocycles. The molecular weight excluding hydrogens is 426 g/mol. The molecule has 1 heterocycles. The van der Waals surface area contributed by atoms with E-state index in [0.29, 0.717) is 29.3 Å². The van der Waals surface area contributed by atoms with E-state index in [0.717, 1.165) is 11.1 Å². The van der Waals surface area contributed by atoms with Crippen LogP contribution in [0.2, 0.25) is 0 Å². The van der Waals surface area contributed by atoms with Crippen LogP contribution in [0.4, 0.5) is 5.69 Å². The summed E-state index contributed by atoms with van der Waals surface area (Å²) in [6.07, 6.45) is 1.76. The first-order chi connectivity index (χ1) is 15.3. The lowest BCUT2D eigenvalue weighted by Crippen LogP contribution is -2.21. The molecule has 0 aromatic heterocycles. The Morgan fingerprint density at radius 2 is 1.72 bits per heavy atom. The summed E-state index contributed by atoms with van der Waals surface area (Å²) in [7, 11) is -3.81. The van der Waals surface area contributed by atoms with E-state index >= 15 is 0 Å². The monoisotopic (exact) mass is 447 g/mol. The fourth-order valence-corrected chi connectivity index (χ4v) is 3.75. The highest BCUT2D eigenvalue weighted by Crippen LogP contribution is 2.26. The van der Waals surface area contributed by atoms with Crippen LogP contribution in [0, 0.1) is 0 Å². The minimum absolute atomic E-state index is 0.0309. The number of hydrazone groups is 1. The molecule has 0 saturated heterocycles. The van der Waals surface area contributed by atoms with Crippen LogP contribution in [0.15, 0.2) is 94.4 Å². The first kappa shape index (κ1) is 21.5. The van der Waals surface area contributed by atoms with Gasteiger partial charge in [-0.15, -0.1) is 0 Å². The zero-order valence-electron chi connectivity index (χ0n) is 17.3. The third-order valence-electron chi connectivity index (χ3n) is 4.89. The minimum atomic E-state index is -3.81. The summed E-state index contributed by atoms with van der Waals surface area (Å²) in [5, 5.41) is 10.7. The van der Waals surface area contributed by atoms with Gasteiger partial charge in [0, 0.05) is 0 Å². The second-order valence-electron chi connectivity index (χ2n) is 7.25. The molecule has 0 radical (unpaired) electrons. The van der Waals surface area contributed by atoms with Crippen molar-refractivity contribution in [1.29, 1.82) is 0 Å².